The van der Waals surface area contributed by atoms with Crippen molar-refractivity contribution in [3.05, 3.63) is 67.2 Å². The minimum absolute atomic E-state index is 0.0211. The fourth-order valence-corrected chi connectivity index (χ4v) is 4.81. The molecule has 0 unspecified atom stereocenters. The first-order valence-electron chi connectivity index (χ1n) is 9.82. The summed E-state index contributed by atoms with van der Waals surface area (Å²) in [7, 11) is 0. The van der Waals surface area contributed by atoms with Crippen LogP contribution in [0, 0.1) is 6.92 Å². The van der Waals surface area contributed by atoms with Gasteiger partial charge in [0.05, 0.1) is 11.4 Å². The summed E-state index contributed by atoms with van der Waals surface area (Å²) >= 11 is 7.81. The number of halogens is 1. The van der Waals surface area contributed by atoms with E-state index in [1.165, 1.54) is 30.2 Å². The Balaban J connectivity index is 1.55. The van der Waals surface area contributed by atoms with Crippen LogP contribution in [0.3, 0.4) is 0 Å². The molecule has 4 rings (SSSR count). The Labute approximate surface area is 178 Å². The molecule has 0 aliphatic carbocycles. The van der Waals surface area contributed by atoms with E-state index in [0.717, 1.165) is 18.7 Å². The van der Waals surface area contributed by atoms with E-state index < -0.39 is 0 Å². The Morgan fingerprint density at radius 3 is 2.79 bits per heavy atom. The van der Waals surface area contributed by atoms with Crippen LogP contribution >= 0.6 is 22.9 Å². The average molecular weight is 431 g/mol. The predicted molar refractivity (Wildman–Crippen MR) is 117 cm³/mol. The molecule has 3 heterocycles. The van der Waals surface area contributed by atoms with Gasteiger partial charge in [-0.05, 0) is 62.0 Å². The predicted octanol–water partition coefficient (Wildman–Crippen LogP) is 4.77. The number of nitrogens with one attached hydrogen (secondary N) is 1. The molecule has 1 atom stereocenters. The number of carbonyl (C=O) groups is 1. The first-order chi connectivity index (χ1) is 14.0. The number of benzene rings is 1. The second kappa shape index (κ2) is 8.69. The highest BCUT2D eigenvalue weighted by Crippen LogP contribution is 2.28. The number of nitrogens with zero attached hydrogens (tertiary/aromatic N) is 1. The molecule has 0 saturated carbocycles. The molecule has 3 aromatic rings. The summed E-state index contributed by atoms with van der Waals surface area (Å²) in [6.07, 6.45) is 3.61. The summed E-state index contributed by atoms with van der Waals surface area (Å²) in [6, 6.07) is 8.80. The molecule has 29 heavy (non-hydrogen) atoms. The van der Waals surface area contributed by atoms with E-state index >= 15 is 0 Å². The van der Waals surface area contributed by atoms with Crippen molar-refractivity contribution < 1.29 is 9.21 Å². The van der Waals surface area contributed by atoms with Crippen molar-refractivity contribution in [1.29, 1.82) is 0 Å². The lowest BCUT2D eigenvalue weighted by Crippen LogP contribution is -2.40. The average Bonchev–Trinajstić information content (AvgIpc) is 3.25. The van der Waals surface area contributed by atoms with Gasteiger partial charge in [-0.25, -0.2) is 0 Å². The standard InChI is InChI=1S/C22H23ClN2O3S/c1-14-10-19-15(11-16(14)23)18(26)12-20(28-19)22(27)24-13-17(21-6-5-9-29-21)25-7-3-2-4-8-25/h5-6,9-12,17H,2-4,7-8,13H2,1H3,(H,24,27)/t17-/m0/s1. The third-order valence-electron chi connectivity index (χ3n) is 5.39. The lowest BCUT2D eigenvalue weighted by atomic mass is 10.1. The summed E-state index contributed by atoms with van der Waals surface area (Å²) in [5.41, 5.74) is 0.891. The lowest BCUT2D eigenvalue weighted by Gasteiger charge is -2.34. The van der Waals surface area contributed by atoms with Crippen molar-refractivity contribution in [2.75, 3.05) is 19.6 Å². The Hall–Kier alpha value is -2.15. The van der Waals surface area contributed by atoms with Crippen LogP contribution < -0.4 is 10.7 Å². The van der Waals surface area contributed by atoms with Crippen LogP contribution in [0.25, 0.3) is 11.0 Å². The number of fused-ring (bicyclic) bond motifs is 1. The van der Waals surface area contributed by atoms with Gasteiger partial charge >= 0.3 is 0 Å². The summed E-state index contributed by atoms with van der Waals surface area (Å²) < 4.78 is 5.73. The molecule has 1 amide bonds. The van der Waals surface area contributed by atoms with Gasteiger partial charge in [-0.1, -0.05) is 24.1 Å². The molecule has 1 aliphatic heterocycles. The molecule has 152 valence electrons. The normalized spacial score (nSPS) is 16.1. The maximum absolute atomic E-state index is 12.8. The lowest BCUT2D eigenvalue weighted by molar-refractivity contribution is 0.0899. The Kier molecular flexibility index (Phi) is 6.04. The van der Waals surface area contributed by atoms with E-state index in [0.29, 0.717) is 22.5 Å². The van der Waals surface area contributed by atoms with Crippen LogP contribution in [0.5, 0.6) is 0 Å². The number of thiophene rings is 1. The zero-order chi connectivity index (χ0) is 20.4. The summed E-state index contributed by atoms with van der Waals surface area (Å²) in [5, 5.41) is 5.91. The number of amides is 1. The number of hydrogen-bond donors (Lipinski definition) is 1. The third-order valence-corrected chi connectivity index (χ3v) is 6.77. The van der Waals surface area contributed by atoms with Gasteiger partial charge in [-0.3, -0.25) is 14.5 Å². The SMILES string of the molecule is Cc1cc2oc(C(=O)NC[C@@H](c3cccs3)N3CCCCC3)cc(=O)c2cc1Cl. The van der Waals surface area contributed by atoms with E-state index in [1.54, 1.807) is 23.5 Å². The highest BCUT2D eigenvalue weighted by atomic mass is 35.5. The summed E-state index contributed by atoms with van der Waals surface area (Å²) in [5.74, 6) is -0.358. The largest absolute Gasteiger partial charge is 0.451 e. The van der Waals surface area contributed by atoms with E-state index in [-0.39, 0.29) is 23.1 Å². The maximum Gasteiger partial charge on any atom is 0.287 e. The van der Waals surface area contributed by atoms with Gasteiger partial charge in [0.25, 0.3) is 5.91 Å². The number of likely N-dealkylation sites (tertiary alicyclic amines) is 1. The van der Waals surface area contributed by atoms with Crippen molar-refractivity contribution in [1.82, 2.24) is 10.2 Å². The van der Waals surface area contributed by atoms with Crippen molar-refractivity contribution in [3.8, 4) is 0 Å². The van der Waals surface area contributed by atoms with Gasteiger partial charge in [0.2, 0.25) is 0 Å². The van der Waals surface area contributed by atoms with E-state index in [2.05, 4.69) is 21.7 Å². The van der Waals surface area contributed by atoms with Gasteiger partial charge in [0.15, 0.2) is 11.2 Å². The molecule has 0 spiro atoms. The molecule has 1 aromatic carbocycles. The second-order valence-electron chi connectivity index (χ2n) is 7.41. The number of piperidine rings is 1. The monoisotopic (exact) mass is 430 g/mol. The second-order valence-corrected chi connectivity index (χ2v) is 8.80. The zero-order valence-electron chi connectivity index (χ0n) is 16.2. The highest BCUT2D eigenvalue weighted by Gasteiger charge is 2.24. The van der Waals surface area contributed by atoms with Crippen molar-refractivity contribution >= 4 is 39.8 Å². The Morgan fingerprint density at radius 1 is 1.28 bits per heavy atom. The first kappa shape index (κ1) is 20.1. The molecule has 0 bridgehead atoms. The molecule has 5 nitrogen and oxygen atoms in total. The number of aryl methyl sites for hydroxylation is 1. The molecule has 1 saturated heterocycles. The van der Waals surface area contributed by atoms with Crippen molar-refractivity contribution in [3.63, 3.8) is 0 Å². The van der Waals surface area contributed by atoms with E-state index in [9.17, 15) is 9.59 Å². The fraction of sp³-hybridized carbons (Fsp3) is 0.364. The number of rotatable bonds is 5. The van der Waals surface area contributed by atoms with Gasteiger partial charge in [-0.2, -0.15) is 0 Å². The number of carbonyl (C=O) groups excluding carboxylic acids is 1. The molecule has 1 aliphatic rings. The van der Waals surface area contributed by atoms with Crippen molar-refractivity contribution in [2.24, 2.45) is 0 Å². The topological polar surface area (TPSA) is 62.6 Å². The van der Waals surface area contributed by atoms with Crippen LogP contribution in [0.15, 0.2) is 44.9 Å². The Bertz CT molecular complexity index is 1070. The molecule has 0 radical (unpaired) electrons. The molecular weight excluding hydrogens is 408 g/mol. The smallest absolute Gasteiger partial charge is 0.287 e. The van der Waals surface area contributed by atoms with Gasteiger partial charge in [-0.15, -0.1) is 11.3 Å². The fourth-order valence-electron chi connectivity index (χ4n) is 3.79. The third kappa shape index (κ3) is 4.39. The van der Waals surface area contributed by atoms with E-state index in [1.807, 2.05) is 13.0 Å². The summed E-state index contributed by atoms with van der Waals surface area (Å²) in [4.78, 5) is 28.9. The molecule has 1 N–H and O–H groups in total. The van der Waals surface area contributed by atoms with Gasteiger partial charge in [0, 0.05) is 22.5 Å². The minimum atomic E-state index is -0.379. The van der Waals surface area contributed by atoms with Gasteiger partial charge in [0.1, 0.15) is 5.58 Å². The van der Waals surface area contributed by atoms with Crippen LogP contribution in [0.2, 0.25) is 5.02 Å². The quantitative estimate of drug-likeness (QED) is 0.633. The minimum Gasteiger partial charge on any atom is -0.451 e. The highest BCUT2D eigenvalue weighted by molar-refractivity contribution is 7.10. The maximum atomic E-state index is 12.8. The number of hydrogen-bond acceptors (Lipinski definition) is 5. The first-order valence-corrected chi connectivity index (χ1v) is 11.1. The van der Waals surface area contributed by atoms with Crippen LogP contribution in [0.4, 0.5) is 0 Å². The molecule has 2 aromatic heterocycles. The van der Waals surface area contributed by atoms with Gasteiger partial charge < -0.3 is 9.73 Å². The van der Waals surface area contributed by atoms with Crippen LogP contribution in [-0.4, -0.2) is 30.4 Å². The summed E-state index contributed by atoms with van der Waals surface area (Å²) in [6.45, 7) is 4.37. The Morgan fingerprint density at radius 2 is 2.07 bits per heavy atom. The van der Waals surface area contributed by atoms with Crippen LogP contribution in [0.1, 0.15) is 46.3 Å². The molecular formula is C22H23ClN2O3S. The zero-order valence-corrected chi connectivity index (χ0v) is 17.8. The molecule has 7 heteroatoms. The van der Waals surface area contributed by atoms with Crippen LogP contribution in [-0.2, 0) is 0 Å². The van der Waals surface area contributed by atoms with E-state index in [4.69, 9.17) is 16.0 Å². The van der Waals surface area contributed by atoms with Crippen molar-refractivity contribution in [2.45, 2.75) is 32.2 Å². The molecule has 1 fully saturated rings.